The van der Waals surface area contributed by atoms with E-state index < -0.39 is 22.9 Å². The zero-order valence-electron chi connectivity index (χ0n) is 4.28. The first-order chi connectivity index (χ1) is 3.50. The molecule has 1 nitrogen and oxygen atoms in total. The van der Waals surface area contributed by atoms with Crippen molar-refractivity contribution >= 4 is 39.0 Å². The summed E-state index contributed by atoms with van der Waals surface area (Å²) in [7, 11) is 0. The van der Waals surface area contributed by atoms with Crippen LogP contribution in [0.1, 0.15) is 0 Å². The molecule has 0 spiro atoms. The van der Waals surface area contributed by atoms with Crippen molar-refractivity contribution in [1.29, 1.82) is 0 Å². The van der Waals surface area contributed by atoms with Gasteiger partial charge >= 0.3 is 54.0 Å². The first kappa shape index (κ1) is 8.31. The molecule has 1 heterocycles. The second-order valence-electron chi connectivity index (χ2n) is 1.18. The van der Waals surface area contributed by atoms with Gasteiger partial charge < -0.3 is 0 Å². The fraction of sp³-hybridized carbons (Fsp3) is 0. The van der Waals surface area contributed by atoms with Crippen LogP contribution in [0.4, 0.5) is 0 Å². The zero-order valence-corrected chi connectivity index (χ0v) is 8.39. The molecule has 0 saturated heterocycles. The molecule has 0 saturated carbocycles. The molecule has 1 rings (SSSR count). The monoisotopic (exact) mass is 232 g/mol. The Bertz CT molecular complexity index is 114. The summed E-state index contributed by atoms with van der Waals surface area (Å²) in [4.78, 5) is 0. The molecule has 0 fully saturated rings. The van der Waals surface area contributed by atoms with E-state index in [1.165, 1.54) is 0 Å². The summed E-state index contributed by atoms with van der Waals surface area (Å²) in [5, 5.41) is 0. The van der Waals surface area contributed by atoms with Crippen molar-refractivity contribution in [2.75, 3.05) is 0 Å². The minimum absolute atomic E-state index is 0. The number of rotatable bonds is 0. The third-order valence-corrected chi connectivity index (χ3v) is 2.63. The summed E-state index contributed by atoms with van der Waals surface area (Å²) in [6.07, 6.45) is 7.71. The van der Waals surface area contributed by atoms with Crippen molar-refractivity contribution in [3.05, 3.63) is 24.5 Å². The molecule has 0 atom stereocenters. The minimum Gasteiger partial charge on any atom is -0.147 e. The molecule has 0 amide bonds. The van der Waals surface area contributed by atoms with Crippen LogP contribution in [-0.2, 0) is 2.85 Å². The van der Waals surface area contributed by atoms with Crippen LogP contribution in [0, 0.1) is 0 Å². The van der Waals surface area contributed by atoms with Gasteiger partial charge in [-0.3, -0.25) is 0 Å². The Balaban J connectivity index is 0.000000490. The van der Waals surface area contributed by atoms with Gasteiger partial charge in [0.25, 0.3) is 0 Å². The van der Waals surface area contributed by atoms with Gasteiger partial charge in [0, 0.05) is 0 Å². The first-order valence-electron chi connectivity index (χ1n) is 2.14. The van der Waals surface area contributed by atoms with Gasteiger partial charge in [0.1, 0.15) is 0 Å². The molecule has 0 aromatic rings. The minimum atomic E-state index is -0.703. The Hall–Kier alpha value is 0.310. The smallest absolute Gasteiger partial charge is 0.147 e. The molecule has 0 radical (unpaired) electrons. The normalized spacial score (nSPS) is 13.0. The first-order valence-corrected chi connectivity index (χ1v) is 5.39. The maximum absolute atomic E-state index is 5.09. The third-order valence-electron chi connectivity index (χ3n) is 0.648. The third kappa shape index (κ3) is 3.33. The molecule has 0 N–H and O–H groups in total. The number of allylic oxidation sites excluding steroid dienone is 3. The Morgan fingerprint density at radius 1 is 1.12 bits per heavy atom. The van der Waals surface area contributed by atoms with Gasteiger partial charge in [-0.1, -0.05) is 0 Å². The van der Waals surface area contributed by atoms with Gasteiger partial charge in [-0.05, 0) is 0 Å². The molecular weight excluding hydrogens is 226 g/mol. The summed E-state index contributed by atoms with van der Waals surface area (Å²) >= 11 is -0.703. The summed E-state index contributed by atoms with van der Waals surface area (Å²) in [5.41, 5.74) is 0. The van der Waals surface area contributed by atoms with Gasteiger partial charge in [-0.2, -0.15) is 0 Å². The fourth-order valence-electron chi connectivity index (χ4n) is 0.355. The maximum atomic E-state index is 5.09. The molecule has 0 aromatic carbocycles. The largest absolute Gasteiger partial charge is 0.147 e. The summed E-state index contributed by atoms with van der Waals surface area (Å²) in [6, 6.07) is 0. The van der Waals surface area contributed by atoms with Gasteiger partial charge in [0.05, 0.1) is 0 Å². The molecule has 8 heavy (non-hydrogen) atoms. The second kappa shape index (κ2) is 5.45. The predicted octanol–water partition coefficient (Wildman–Crippen LogP) is 0.930. The van der Waals surface area contributed by atoms with Crippen molar-refractivity contribution < 1.29 is 2.85 Å². The number of hydrogen-bond acceptors (Lipinski definition) is 1. The van der Waals surface area contributed by atoms with Crippen LogP contribution in [0.3, 0.4) is 0 Å². The van der Waals surface area contributed by atoms with Crippen molar-refractivity contribution in [3.63, 3.8) is 0 Å². The van der Waals surface area contributed by atoms with Crippen LogP contribution < -0.4 is 0 Å². The molecule has 0 bridgehead atoms. The Morgan fingerprint density at radius 2 is 2.00 bits per heavy atom. The predicted molar refractivity (Wildman–Crippen MR) is 38.4 cm³/mol. The zero-order chi connectivity index (χ0) is 4.95. The van der Waals surface area contributed by atoms with Crippen LogP contribution >= 0.6 is 12.4 Å². The van der Waals surface area contributed by atoms with E-state index in [1.807, 2.05) is 18.2 Å². The SMILES string of the molecule is C1=C[CH]=[In][O]C=C1.Cl. The van der Waals surface area contributed by atoms with Crippen LogP contribution in [0.5, 0.6) is 0 Å². The quantitative estimate of drug-likeness (QED) is 0.604. The maximum Gasteiger partial charge on any atom is -0.147 e. The standard InChI is InChI=1S/C5H6O.ClH.In/c1-2-3-4-5-6;;/h1-6H;1H;/q;;+1/p-1. The Kier molecular flexibility index (Phi) is 5.66. The molecule has 1 aliphatic heterocycles. The van der Waals surface area contributed by atoms with Crippen molar-refractivity contribution in [1.82, 2.24) is 0 Å². The average molecular weight is 232 g/mol. The summed E-state index contributed by atoms with van der Waals surface area (Å²) in [5.74, 6) is 0. The molecule has 0 aromatic heterocycles. The second-order valence-corrected chi connectivity index (χ2v) is 3.83. The molecule has 42 valence electrons. The Labute approximate surface area is 66.3 Å². The molecule has 0 aliphatic carbocycles. The molecule has 3 heteroatoms. The van der Waals surface area contributed by atoms with Crippen LogP contribution in [0.15, 0.2) is 24.5 Å². The van der Waals surface area contributed by atoms with Crippen LogP contribution in [0.2, 0.25) is 0 Å². The molecule has 1 aliphatic rings. The van der Waals surface area contributed by atoms with E-state index in [0.717, 1.165) is 0 Å². The van der Waals surface area contributed by atoms with E-state index in [-0.39, 0.29) is 12.4 Å². The van der Waals surface area contributed by atoms with Gasteiger partial charge in [-0.15, -0.1) is 12.4 Å². The van der Waals surface area contributed by atoms with Gasteiger partial charge in [0.2, 0.25) is 0 Å². The van der Waals surface area contributed by atoms with Gasteiger partial charge in [0.15, 0.2) is 0 Å². The van der Waals surface area contributed by atoms with E-state index in [0.29, 0.717) is 0 Å². The van der Waals surface area contributed by atoms with Gasteiger partial charge in [-0.25, -0.2) is 0 Å². The average Bonchev–Trinajstić information content (AvgIpc) is 1.90. The number of hydrogen-bond donors (Lipinski definition) is 0. The topological polar surface area (TPSA) is 9.23 Å². The van der Waals surface area contributed by atoms with E-state index in [4.69, 9.17) is 2.85 Å². The van der Waals surface area contributed by atoms with Crippen molar-refractivity contribution in [3.8, 4) is 0 Å². The Morgan fingerprint density at radius 3 is 2.88 bits per heavy atom. The van der Waals surface area contributed by atoms with E-state index >= 15 is 0 Å². The van der Waals surface area contributed by atoms with Crippen molar-refractivity contribution in [2.24, 2.45) is 0 Å². The van der Waals surface area contributed by atoms with Crippen LogP contribution in [0.25, 0.3) is 0 Å². The van der Waals surface area contributed by atoms with Crippen molar-refractivity contribution in [2.45, 2.75) is 0 Å². The summed E-state index contributed by atoms with van der Waals surface area (Å²) in [6.45, 7) is 0. The van der Waals surface area contributed by atoms with Crippen LogP contribution in [-0.4, -0.2) is 26.6 Å². The van der Waals surface area contributed by atoms with E-state index in [9.17, 15) is 0 Å². The fourth-order valence-corrected chi connectivity index (χ4v) is 1.76. The molecule has 0 unspecified atom stereocenters. The molecular formula is C5H6ClInO. The van der Waals surface area contributed by atoms with E-state index in [1.54, 1.807) is 6.26 Å². The number of halogens is 1. The van der Waals surface area contributed by atoms with E-state index in [2.05, 4.69) is 3.76 Å². The summed E-state index contributed by atoms with van der Waals surface area (Å²) < 4.78 is 7.23.